The van der Waals surface area contributed by atoms with Crippen LogP contribution in [0.5, 0.6) is 0 Å². The van der Waals surface area contributed by atoms with Gasteiger partial charge in [0.05, 0.1) is 35.9 Å². The van der Waals surface area contributed by atoms with E-state index in [-0.39, 0.29) is 0 Å². The van der Waals surface area contributed by atoms with Crippen molar-refractivity contribution in [2.45, 2.75) is 0 Å². The summed E-state index contributed by atoms with van der Waals surface area (Å²) in [6, 6.07) is 57.1. The molecule has 58 heavy (non-hydrogen) atoms. The van der Waals surface area contributed by atoms with Crippen molar-refractivity contribution in [2.75, 3.05) is 0 Å². The zero-order valence-electron chi connectivity index (χ0n) is 30.6. The minimum absolute atomic E-state index is 0.422. The fraction of sp³-hybridized carbons (Fsp3) is 0. The number of fused-ring (bicyclic) bond motifs is 11. The highest BCUT2D eigenvalue weighted by atomic mass is 14.6. The predicted octanol–water partition coefficient (Wildman–Crippen LogP) is 14.2. The van der Waals surface area contributed by atoms with Crippen LogP contribution in [0.25, 0.3) is 125 Å². The highest BCUT2D eigenvalue weighted by Gasteiger charge is 2.29. The molecule has 0 bridgehead atoms. The third-order valence-corrected chi connectivity index (χ3v) is 12.4. The van der Waals surface area contributed by atoms with E-state index in [9.17, 15) is 15.8 Å². The number of hydrogen-bond donors (Lipinski definition) is 0. The molecular formula is C54H24N4. The summed E-state index contributed by atoms with van der Waals surface area (Å²) in [5.74, 6) is 0. The van der Waals surface area contributed by atoms with E-state index in [1.165, 1.54) is 32.8 Å². The minimum atomic E-state index is 0.422. The minimum Gasteiger partial charge on any atom is -0.237 e. The Balaban J connectivity index is 1.28. The molecule has 2 aliphatic rings. The van der Waals surface area contributed by atoms with Gasteiger partial charge in [-0.25, -0.2) is 4.85 Å². The molecule has 4 nitrogen and oxygen atoms in total. The molecule has 0 aromatic heterocycles. The number of nitrogens with zero attached hydrogens (tertiary/aromatic N) is 4. The molecule has 0 fully saturated rings. The van der Waals surface area contributed by atoms with Gasteiger partial charge < -0.3 is 0 Å². The lowest BCUT2D eigenvalue weighted by Gasteiger charge is -2.20. The van der Waals surface area contributed by atoms with Crippen LogP contribution in [0, 0.1) is 40.6 Å². The lowest BCUT2D eigenvalue weighted by Crippen LogP contribution is -1.94. The normalized spacial score (nSPS) is 11.7. The molecule has 4 heteroatoms. The number of benzene rings is 10. The highest BCUT2D eigenvalue weighted by Crippen LogP contribution is 2.56. The lowest BCUT2D eigenvalue weighted by molar-refractivity contribution is 1.45. The SMILES string of the molecule is [C-]#[N+]c1cc(C#N)ccc1-c1cc2c3cc4c(c(-c5ccc(C#N)cc5C#N)c3ccc2c2cc3c(cc12)-c1cccc2cccc-3c12)-c1cccc2cccc-4c12. The van der Waals surface area contributed by atoms with Gasteiger partial charge in [0.25, 0.3) is 0 Å². The molecule has 0 N–H and O–H groups in total. The van der Waals surface area contributed by atoms with Crippen LogP contribution in [-0.2, 0) is 0 Å². The number of rotatable bonds is 2. The Bertz CT molecular complexity index is 3770. The van der Waals surface area contributed by atoms with Gasteiger partial charge in [0.2, 0.25) is 0 Å². The lowest BCUT2D eigenvalue weighted by atomic mass is 9.83. The van der Waals surface area contributed by atoms with Gasteiger partial charge in [-0.3, -0.25) is 0 Å². The first-order chi connectivity index (χ1) is 28.6. The zero-order valence-corrected chi connectivity index (χ0v) is 30.6. The van der Waals surface area contributed by atoms with Crippen molar-refractivity contribution in [3.8, 4) is 85.0 Å². The molecule has 0 spiro atoms. The van der Waals surface area contributed by atoms with Gasteiger partial charge in [-0.1, -0.05) is 97.1 Å². The zero-order chi connectivity index (χ0) is 38.8. The van der Waals surface area contributed by atoms with Crippen LogP contribution in [0.4, 0.5) is 5.69 Å². The summed E-state index contributed by atoms with van der Waals surface area (Å²) >= 11 is 0. The molecule has 260 valence electrons. The van der Waals surface area contributed by atoms with Gasteiger partial charge in [-0.2, -0.15) is 15.8 Å². The van der Waals surface area contributed by atoms with Crippen LogP contribution in [-0.4, -0.2) is 0 Å². The van der Waals surface area contributed by atoms with E-state index in [1.807, 2.05) is 12.1 Å². The molecule has 0 saturated heterocycles. The van der Waals surface area contributed by atoms with E-state index in [4.69, 9.17) is 6.57 Å². The largest absolute Gasteiger partial charge is 0.237 e. The summed E-state index contributed by atoms with van der Waals surface area (Å²) in [5, 5.41) is 41.2. The maximum absolute atomic E-state index is 10.6. The Kier molecular flexibility index (Phi) is 6.30. The first-order valence-corrected chi connectivity index (χ1v) is 19.0. The molecule has 10 aromatic carbocycles. The van der Waals surface area contributed by atoms with E-state index < -0.39 is 0 Å². The number of hydrogen-bond acceptors (Lipinski definition) is 3. The summed E-state index contributed by atoms with van der Waals surface area (Å²) in [6.07, 6.45) is 0. The monoisotopic (exact) mass is 728 g/mol. The van der Waals surface area contributed by atoms with E-state index in [0.29, 0.717) is 22.4 Å². The molecule has 10 aromatic rings. The average Bonchev–Trinajstić information content (AvgIpc) is 3.77. The Morgan fingerprint density at radius 2 is 0.879 bits per heavy atom. The third kappa shape index (κ3) is 4.08. The van der Waals surface area contributed by atoms with E-state index in [1.54, 1.807) is 24.3 Å². The Labute approximate surface area is 332 Å². The van der Waals surface area contributed by atoms with Crippen LogP contribution in [0.3, 0.4) is 0 Å². The van der Waals surface area contributed by atoms with Gasteiger partial charge in [0, 0.05) is 11.1 Å². The van der Waals surface area contributed by atoms with Crippen molar-refractivity contribution in [3.63, 3.8) is 0 Å². The first kappa shape index (κ1) is 31.8. The second-order valence-corrected chi connectivity index (χ2v) is 15.2. The molecule has 0 saturated carbocycles. The summed E-state index contributed by atoms with van der Waals surface area (Å²) in [6.45, 7) is 8.26. The van der Waals surface area contributed by atoms with Crippen LogP contribution >= 0.6 is 0 Å². The van der Waals surface area contributed by atoms with Gasteiger partial charge in [-0.15, -0.1) is 0 Å². The third-order valence-electron chi connectivity index (χ3n) is 12.4. The van der Waals surface area contributed by atoms with E-state index in [0.717, 1.165) is 87.8 Å². The second kappa shape index (κ2) is 11.5. The maximum atomic E-state index is 10.6. The van der Waals surface area contributed by atoms with E-state index >= 15 is 0 Å². The highest BCUT2D eigenvalue weighted by molar-refractivity contribution is 6.30. The summed E-state index contributed by atoms with van der Waals surface area (Å²) in [7, 11) is 0. The Hall–Kier alpha value is -8.54. The van der Waals surface area contributed by atoms with Gasteiger partial charge in [0.1, 0.15) is 0 Å². The van der Waals surface area contributed by atoms with Crippen molar-refractivity contribution in [1.29, 1.82) is 15.8 Å². The molecule has 0 atom stereocenters. The topological polar surface area (TPSA) is 75.7 Å². The summed E-state index contributed by atoms with van der Waals surface area (Å²) < 4.78 is 0. The van der Waals surface area contributed by atoms with Crippen molar-refractivity contribution in [1.82, 2.24) is 0 Å². The van der Waals surface area contributed by atoms with Crippen LogP contribution in [0.15, 0.2) is 146 Å². The molecule has 0 radical (unpaired) electrons. The molecule has 0 amide bonds. The molecule has 0 heterocycles. The van der Waals surface area contributed by atoms with Gasteiger partial charge in [-0.05, 0) is 164 Å². The first-order valence-electron chi connectivity index (χ1n) is 19.0. The van der Waals surface area contributed by atoms with Gasteiger partial charge in [0.15, 0.2) is 5.69 Å². The van der Waals surface area contributed by atoms with Crippen LogP contribution < -0.4 is 0 Å². The molecule has 0 aliphatic heterocycles. The summed E-state index contributed by atoms with van der Waals surface area (Å²) in [4.78, 5) is 3.97. The standard InChI is InChI=1S/C54H24N4/c1-58-50-21-30(27-56)15-17-36(50)44-22-42-35(43-23-45-37-10-2-6-31-7-3-11-38(51(31)37)46(45)24-48(43)44)18-19-40-47(42)25-49-39-12-4-8-32-9-5-13-41(52(32)39)54(49)53(40)34-16-14-29(26-55)20-33(34)28-57/h2-25H. The molecule has 0 unspecified atom stereocenters. The second-order valence-electron chi connectivity index (χ2n) is 15.2. The molecule has 2 aliphatic carbocycles. The average molecular weight is 729 g/mol. The Morgan fingerprint density at radius 1 is 0.362 bits per heavy atom. The van der Waals surface area contributed by atoms with Crippen LogP contribution in [0.1, 0.15) is 16.7 Å². The van der Waals surface area contributed by atoms with E-state index in [2.05, 4.69) is 132 Å². The smallest absolute Gasteiger partial charge is 0.196 e. The Morgan fingerprint density at radius 3 is 1.53 bits per heavy atom. The predicted molar refractivity (Wildman–Crippen MR) is 234 cm³/mol. The van der Waals surface area contributed by atoms with Crippen molar-refractivity contribution < 1.29 is 0 Å². The fourth-order valence-corrected chi connectivity index (χ4v) is 10.0. The van der Waals surface area contributed by atoms with Crippen molar-refractivity contribution >= 4 is 59.5 Å². The van der Waals surface area contributed by atoms with Crippen molar-refractivity contribution in [3.05, 3.63) is 174 Å². The van der Waals surface area contributed by atoms with Crippen molar-refractivity contribution in [2.24, 2.45) is 0 Å². The molecule has 12 rings (SSSR count). The quantitative estimate of drug-likeness (QED) is 0.131. The maximum Gasteiger partial charge on any atom is 0.196 e. The van der Waals surface area contributed by atoms with Gasteiger partial charge >= 0.3 is 0 Å². The molecular weight excluding hydrogens is 705 g/mol. The summed E-state index contributed by atoms with van der Waals surface area (Å²) in [5.41, 5.74) is 14.3. The number of nitriles is 3. The van der Waals surface area contributed by atoms with Crippen LogP contribution in [0.2, 0.25) is 0 Å². The fourth-order valence-electron chi connectivity index (χ4n) is 10.0.